The van der Waals surface area contributed by atoms with Crippen molar-refractivity contribution in [2.75, 3.05) is 18.0 Å². The van der Waals surface area contributed by atoms with Crippen molar-refractivity contribution in [2.45, 2.75) is 18.9 Å². The van der Waals surface area contributed by atoms with Crippen molar-refractivity contribution in [3.8, 4) is 0 Å². The normalized spacial score (nSPS) is 20.1. The van der Waals surface area contributed by atoms with E-state index >= 15 is 0 Å². The molecule has 0 spiro atoms. The first-order valence-corrected chi connectivity index (χ1v) is 5.48. The Morgan fingerprint density at radius 3 is 3.00 bits per heavy atom. The molecule has 4 heteroatoms. The van der Waals surface area contributed by atoms with E-state index in [-0.39, 0.29) is 12.5 Å². The summed E-state index contributed by atoms with van der Waals surface area (Å²) in [5.41, 5.74) is 7.04. The van der Waals surface area contributed by atoms with Gasteiger partial charge in [-0.1, -0.05) is 18.2 Å². The number of primary amides is 1. The zero-order chi connectivity index (χ0) is 11.5. The van der Waals surface area contributed by atoms with E-state index in [0.29, 0.717) is 0 Å². The van der Waals surface area contributed by atoms with E-state index in [2.05, 4.69) is 0 Å². The molecule has 1 amide bonds. The van der Waals surface area contributed by atoms with Gasteiger partial charge in [0.2, 0.25) is 5.91 Å². The first-order valence-electron chi connectivity index (χ1n) is 5.48. The van der Waals surface area contributed by atoms with Crippen LogP contribution >= 0.6 is 0 Å². The molecular formula is C12H16N2O2. The topological polar surface area (TPSA) is 66.6 Å². The Bertz CT molecular complexity index is 392. The molecule has 1 atom stereocenters. The van der Waals surface area contributed by atoms with Gasteiger partial charge >= 0.3 is 0 Å². The van der Waals surface area contributed by atoms with E-state index < -0.39 is 6.10 Å². The Balaban J connectivity index is 2.34. The van der Waals surface area contributed by atoms with Gasteiger partial charge in [0.1, 0.15) is 0 Å². The summed E-state index contributed by atoms with van der Waals surface area (Å²) in [6, 6.07) is 7.63. The summed E-state index contributed by atoms with van der Waals surface area (Å²) in [7, 11) is 0. The van der Waals surface area contributed by atoms with Gasteiger partial charge in [-0.2, -0.15) is 0 Å². The molecule has 1 aliphatic rings. The molecule has 0 bridgehead atoms. The molecule has 1 aromatic carbocycles. The van der Waals surface area contributed by atoms with Gasteiger partial charge in [0.15, 0.2) is 0 Å². The Hall–Kier alpha value is -1.55. The van der Waals surface area contributed by atoms with Crippen LogP contribution in [0.3, 0.4) is 0 Å². The standard InChI is InChI=1S/C12H16N2O2/c13-12(16)8-14-7-3-6-11(15)9-4-1-2-5-10(9)14/h1-2,4-5,11,15H,3,6-8H2,(H2,13,16). The minimum absolute atomic E-state index is 0.212. The number of carbonyl (C=O) groups excluding carboxylic acids is 1. The van der Waals surface area contributed by atoms with Gasteiger partial charge < -0.3 is 15.7 Å². The number of carbonyl (C=O) groups is 1. The molecule has 0 aliphatic carbocycles. The van der Waals surface area contributed by atoms with Crippen LogP contribution < -0.4 is 10.6 Å². The van der Waals surface area contributed by atoms with E-state index in [4.69, 9.17) is 5.73 Å². The fraction of sp³-hybridized carbons (Fsp3) is 0.417. The van der Waals surface area contributed by atoms with Crippen LogP contribution in [0.25, 0.3) is 0 Å². The number of nitrogens with zero attached hydrogens (tertiary/aromatic N) is 1. The predicted molar refractivity (Wildman–Crippen MR) is 62.0 cm³/mol. The lowest BCUT2D eigenvalue weighted by atomic mass is 10.0. The van der Waals surface area contributed by atoms with Crippen molar-refractivity contribution >= 4 is 11.6 Å². The summed E-state index contributed by atoms with van der Waals surface area (Å²) in [4.78, 5) is 12.9. The van der Waals surface area contributed by atoms with Crippen LogP contribution in [-0.4, -0.2) is 24.1 Å². The Kier molecular flexibility index (Phi) is 3.10. The molecule has 1 unspecified atom stereocenters. The Morgan fingerprint density at radius 1 is 1.50 bits per heavy atom. The van der Waals surface area contributed by atoms with Crippen molar-refractivity contribution in [3.05, 3.63) is 29.8 Å². The third-order valence-corrected chi connectivity index (χ3v) is 2.89. The number of fused-ring (bicyclic) bond motifs is 1. The van der Waals surface area contributed by atoms with Crippen LogP contribution in [0.1, 0.15) is 24.5 Å². The molecule has 16 heavy (non-hydrogen) atoms. The van der Waals surface area contributed by atoms with Crippen LogP contribution in [0.2, 0.25) is 0 Å². The Morgan fingerprint density at radius 2 is 2.25 bits per heavy atom. The van der Waals surface area contributed by atoms with Crippen molar-refractivity contribution < 1.29 is 9.90 Å². The third kappa shape index (κ3) is 2.17. The van der Waals surface area contributed by atoms with Gasteiger partial charge in [0.05, 0.1) is 12.6 Å². The fourth-order valence-electron chi connectivity index (χ4n) is 2.16. The lowest BCUT2D eigenvalue weighted by molar-refractivity contribution is -0.116. The first-order chi connectivity index (χ1) is 7.68. The highest BCUT2D eigenvalue weighted by atomic mass is 16.3. The minimum atomic E-state index is -0.436. The molecule has 0 fully saturated rings. The van der Waals surface area contributed by atoms with E-state index in [1.54, 1.807) is 0 Å². The largest absolute Gasteiger partial charge is 0.388 e. The third-order valence-electron chi connectivity index (χ3n) is 2.89. The zero-order valence-electron chi connectivity index (χ0n) is 9.10. The number of rotatable bonds is 2. The molecule has 0 aromatic heterocycles. The monoisotopic (exact) mass is 220 g/mol. The number of amides is 1. The second kappa shape index (κ2) is 4.53. The molecular weight excluding hydrogens is 204 g/mol. The van der Waals surface area contributed by atoms with E-state index in [9.17, 15) is 9.90 Å². The molecule has 4 nitrogen and oxygen atoms in total. The van der Waals surface area contributed by atoms with E-state index in [1.165, 1.54) is 0 Å². The van der Waals surface area contributed by atoms with Gasteiger partial charge in [-0.25, -0.2) is 0 Å². The van der Waals surface area contributed by atoms with Gasteiger partial charge in [0.25, 0.3) is 0 Å². The minimum Gasteiger partial charge on any atom is -0.388 e. The highest BCUT2D eigenvalue weighted by Gasteiger charge is 2.21. The Labute approximate surface area is 94.7 Å². The lowest BCUT2D eigenvalue weighted by Gasteiger charge is -2.23. The molecule has 1 heterocycles. The molecule has 0 saturated carbocycles. The van der Waals surface area contributed by atoms with Gasteiger partial charge in [0, 0.05) is 17.8 Å². The summed E-state index contributed by atoms with van der Waals surface area (Å²) in [5.74, 6) is -0.341. The maximum atomic E-state index is 11.0. The van der Waals surface area contributed by atoms with Crippen LogP contribution in [0.5, 0.6) is 0 Å². The average Bonchev–Trinajstić information content (AvgIpc) is 2.40. The molecule has 2 rings (SSSR count). The molecule has 86 valence electrons. The van der Waals surface area contributed by atoms with Crippen LogP contribution in [0.4, 0.5) is 5.69 Å². The number of benzene rings is 1. The quantitative estimate of drug-likeness (QED) is 0.775. The molecule has 1 aliphatic heterocycles. The van der Waals surface area contributed by atoms with Crippen molar-refractivity contribution in [3.63, 3.8) is 0 Å². The first kappa shape index (κ1) is 11.0. The molecule has 0 radical (unpaired) electrons. The van der Waals surface area contributed by atoms with Gasteiger partial charge in [-0.15, -0.1) is 0 Å². The number of aliphatic hydroxyl groups excluding tert-OH is 1. The van der Waals surface area contributed by atoms with Crippen molar-refractivity contribution in [1.82, 2.24) is 0 Å². The number of nitrogens with two attached hydrogens (primary N) is 1. The number of hydrogen-bond acceptors (Lipinski definition) is 3. The van der Waals surface area contributed by atoms with Crippen LogP contribution in [-0.2, 0) is 4.79 Å². The lowest BCUT2D eigenvalue weighted by Crippen LogP contribution is -2.34. The maximum absolute atomic E-state index is 11.0. The summed E-state index contributed by atoms with van der Waals surface area (Å²) in [6.45, 7) is 0.973. The number of para-hydroxylation sites is 1. The summed E-state index contributed by atoms with van der Waals surface area (Å²) in [6.07, 6.45) is 1.16. The smallest absolute Gasteiger partial charge is 0.236 e. The summed E-state index contributed by atoms with van der Waals surface area (Å²) < 4.78 is 0. The average molecular weight is 220 g/mol. The van der Waals surface area contributed by atoms with Gasteiger partial charge in [-0.3, -0.25) is 4.79 Å². The van der Waals surface area contributed by atoms with Crippen LogP contribution in [0.15, 0.2) is 24.3 Å². The van der Waals surface area contributed by atoms with E-state index in [1.807, 2.05) is 29.2 Å². The molecule has 0 saturated heterocycles. The predicted octanol–water partition coefficient (Wildman–Crippen LogP) is 0.805. The SMILES string of the molecule is NC(=O)CN1CCCC(O)c2ccccc21. The summed E-state index contributed by atoms with van der Waals surface area (Å²) >= 11 is 0. The van der Waals surface area contributed by atoms with E-state index in [0.717, 1.165) is 30.6 Å². The highest BCUT2D eigenvalue weighted by molar-refractivity contribution is 5.80. The van der Waals surface area contributed by atoms with Gasteiger partial charge in [-0.05, 0) is 18.9 Å². The van der Waals surface area contributed by atoms with Crippen molar-refractivity contribution in [2.24, 2.45) is 5.73 Å². The van der Waals surface area contributed by atoms with Crippen LogP contribution in [0, 0.1) is 0 Å². The van der Waals surface area contributed by atoms with Crippen molar-refractivity contribution in [1.29, 1.82) is 0 Å². The number of anilines is 1. The number of aliphatic hydroxyl groups is 1. The highest BCUT2D eigenvalue weighted by Crippen LogP contribution is 2.32. The second-order valence-electron chi connectivity index (χ2n) is 4.10. The summed E-state index contributed by atoms with van der Waals surface area (Å²) in [5, 5.41) is 9.95. The number of hydrogen-bond donors (Lipinski definition) is 2. The zero-order valence-corrected chi connectivity index (χ0v) is 9.10. The molecule has 1 aromatic rings. The second-order valence-corrected chi connectivity index (χ2v) is 4.10. The maximum Gasteiger partial charge on any atom is 0.236 e. The fourth-order valence-corrected chi connectivity index (χ4v) is 2.16. The molecule has 3 N–H and O–H groups in total.